The fourth-order valence-corrected chi connectivity index (χ4v) is 14.5. The molecule has 0 saturated heterocycles. The Labute approximate surface area is 585 Å². The van der Waals surface area contributed by atoms with Gasteiger partial charge in [0.15, 0.2) is 0 Å². The van der Waals surface area contributed by atoms with E-state index < -0.39 is 12.1 Å². The van der Waals surface area contributed by atoms with Gasteiger partial charge in [0.05, 0.1) is 25.4 Å². The van der Waals surface area contributed by atoms with Crippen LogP contribution in [0.5, 0.6) is 0 Å². The Morgan fingerprint density at radius 2 is 0.441 bits per heavy atom. The minimum Gasteiger partial charge on any atom is -0.466 e. The highest BCUT2D eigenvalue weighted by Crippen LogP contribution is 2.22. The standard InChI is InChI=1S/C87H173NO5/c1-3-5-7-9-11-13-15-17-19-20-21-22-40-43-46-49-52-55-59-63-67-71-75-79-85(90)84(83-89)88-86(91)80-76-72-68-64-60-56-53-50-47-44-41-38-36-34-32-30-28-26-24-23-25-27-29-31-33-35-37-39-42-45-48-51-54-58-62-66-70-74-78-82-93-87(92)81-77-73-69-65-61-57-18-16-14-12-10-8-6-4-2/h84-85,89-90H,3-83H2,1-2H3,(H,88,91). The number of hydrogen-bond acceptors (Lipinski definition) is 5. The van der Waals surface area contributed by atoms with Gasteiger partial charge < -0.3 is 20.3 Å². The molecule has 0 heterocycles. The van der Waals surface area contributed by atoms with E-state index in [1.54, 1.807) is 0 Å². The van der Waals surface area contributed by atoms with Gasteiger partial charge in [-0.25, -0.2) is 0 Å². The smallest absolute Gasteiger partial charge is 0.305 e. The molecule has 3 N–H and O–H groups in total. The minimum atomic E-state index is -0.660. The zero-order valence-corrected chi connectivity index (χ0v) is 64.0. The second kappa shape index (κ2) is 83.3. The molecule has 0 aliphatic heterocycles. The van der Waals surface area contributed by atoms with Crippen LogP contribution >= 0.6 is 0 Å². The molecule has 1 amide bonds. The van der Waals surface area contributed by atoms with Crippen molar-refractivity contribution in [1.29, 1.82) is 0 Å². The van der Waals surface area contributed by atoms with E-state index in [4.69, 9.17) is 4.74 Å². The summed E-state index contributed by atoms with van der Waals surface area (Å²) in [6.45, 7) is 5.03. The first-order valence-electron chi connectivity index (χ1n) is 43.8. The van der Waals surface area contributed by atoms with E-state index in [9.17, 15) is 19.8 Å². The first-order valence-corrected chi connectivity index (χ1v) is 43.8. The maximum Gasteiger partial charge on any atom is 0.305 e. The van der Waals surface area contributed by atoms with E-state index in [1.807, 2.05) is 0 Å². The van der Waals surface area contributed by atoms with Crippen molar-refractivity contribution in [3.63, 3.8) is 0 Å². The van der Waals surface area contributed by atoms with Gasteiger partial charge in [0.1, 0.15) is 0 Å². The van der Waals surface area contributed by atoms with Crippen molar-refractivity contribution in [2.75, 3.05) is 13.2 Å². The summed E-state index contributed by atoms with van der Waals surface area (Å²) in [5.74, 6) is 0.00598. The van der Waals surface area contributed by atoms with Crippen LogP contribution < -0.4 is 5.32 Å². The van der Waals surface area contributed by atoms with Gasteiger partial charge in [0.2, 0.25) is 5.91 Å². The lowest BCUT2D eigenvalue weighted by Crippen LogP contribution is -2.45. The van der Waals surface area contributed by atoms with Gasteiger partial charge in [-0.2, -0.15) is 0 Å². The SMILES string of the molecule is CCCCCCCCCCCCCCCCCCCCCCCCCC(O)C(CO)NC(=O)CCCCCCCCCCCCCCCCCCCCCCCCCCCCCCCCCCCCCCCCCOC(=O)CCCCCCCCCCCCCCCC. The summed E-state index contributed by atoms with van der Waals surface area (Å²) in [6, 6.07) is -0.537. The number of ether oxygens (including phenoxy) is 1. The number of hydrogen-bond donors (Lipinski definition) is 3. The van der Waals surface area contributed by atoms with E-state index in [0.717, 1.165) is 38.5 Å². The van der Waals surface area contributed by atoms with Crippen LogP contribution in [0.25, 0.3) is 0 Å². The molecule has 0 aliphatic carbocycles. The summed E-state index contributed by atoms with van der Waals surface area (Å²) in [4.78, 5) is 24.7. The monoisotopic (exact) mass is 1310 g/mol. The molecule has 6 nitrogen and oxygen atoms in total. The lowest BCUT2D eigenvalue weighted by atomic mass is 10.0. The lowest BCUT2D eigenvalue weighted by Gasteiger charge is -2.22. The van der Waals surface area contributed by atoms with Gasteiger partial charge in [0, 0.05) is 12.8 Å². The van der Waals surface area contributed by atoms with Crippen LogP contribution in [0.3, 0.4) is 0 Å². The summed E-state index contributed by atoms with van der Waals surface area (Å²) in [6.07, 6.45) is 105. The van der Waals surface area contributed by atoms with E-state index in [0.29, 0.717) is 25.9 Å². The van der Waals surface area contributed by atoms with E-state index in [-0.39, 0.29) is 18.5 Å². The largest absolute Gasteiger partial charge is 0.466 e. The molecule has 0 spiro atoms. The molecule has 2 unspecified atom stereocenters. The lowest BCUT2D eigenvalue weighted by molar-refractivity contribution is -0.143. The van der Waals surface area contributed by atoms with Crippen LogP contribution in [-0.4, -0.2) is 47.4 Å². The number of amides is 1. The Hall–Kier alpha value is -1.14. The second-order valence-electron chi connectivity index (χ2n) is 30.6. The van der Waals surface area contributed by atoms with Crippen LogP contribution in [0.1, 0.15) is 521 Å². The van der Waals surface area contributed by atoms with Crippen LogP contribution in [0.15, 0.2) is 0 Å². The van der Waals surface area contributed by atoms with E-state index >= 15 is 0 Å². The number of unbranched alkanes of at least 4 members (excludes halogenated alkanes) is 73. The average Bonchev–Trinajstić information content (AvgIpc) is 3.78. The van der Waals surface area contributed by atoms with Crippen molar-refractivity contribution in [1.82, 2.24) is 5.32 Å². The van der Waals surface area contributed by atoms with Crippen LogP contribution in [-0.2, 0) is 14.3 Å². The van der Waals surface area contributed by atoms with Gasteiger partial charge in [-0.3, -0.25) is 9.59 Å². The number of esters is 1. The highest BCUT2D eigenvalue weighted by molar-refractivity contribution is 5.76. The fourth-order valence-electron chi connectivity index (χ4n) is 14.5. The molecule has 0 radical (unpaired) electrons. The Kier molecular flexibility index (Phi) is 82.3. The Bertz CT molecular complexity index is 1370. The van der Waals surface area contributed by atoms with Gasteiger partial charge in [-0.1, -0.05) is 483 Å². The molecule has 0 saturated carbocycles. The van der Waals surface area contributed by atoms with Crippen molar-refractivity contribution in [3.05, 3.63) is 0 Å². The van der Waals surface area contributed by atoms with Crippen molar-refractivity contribution < 1.29 is 24.5 Å². The number of nitrogens with one attached hydrogen (secondary N) is 1. The van der Waals surface area contributed by atoms with Crippen molar-refractivity contribution in [3.8, 4) is 0 Å². The summed E-state index contributed by atoms with van der Waals surface area (Å²) in [5.41, 5.74) is 0. The Morgan fingerprint density at radius 1 is 0.258 bits per heavy atom. The molecule has 0 aromatic rings. The molecule has 0 aromatic heterocycles. The highest BCUT2D eigenvalue weighted by Gasteiger charge is 2.20. The number of rotatable bonds is 84. The van der Waals surface area contributed by atoms with Crippen molar-refractivity contribution >= 4 is 11.9 Å². The molecule has 0 rings (SSSR count). The second-order valence-corrected chi connectivity index (χ2v) is 30.6. The minimum absolute atomic E-state index is 0.0219. The van der Waals surface area contributed by atoms with Crippen LogP contribution in [0.2, 0.25) is 0 Å². The molecule has 2 atom stereocenters. The Morgan fingerprint density at radius 3 is 0.656 bits per heavy atom. The van der Waals surface area contributed by atoms with Crippen LogP contribution in [0.4, 0.5) is 0 Å². The molecular weight excluding hydrogens is 1140 g/mol. The summed E-state index contributed by atoms with van der Waals surface area (Å²) in [5, 5.41) is 23.5. The van der Waals surface area contributed by atoms with Gasteiger partial charge in [-0.15, -0.1) is 0 Å². The third-order valence-electron chi connectivity index (χ3n) is 21.2. The number of carbonyl (C=O) groups is 2. The maximum absolute atomic E-state index is 12.6. The number of aliphatic hydroxyl groups is 2. The summed E-state index contributed by atoms with van der Waals surface area (Å²) in [7, 11) is 0. The molecule has 93 heavy (non-hydrogen) atoms. The molecule has 0 bridgehead atoms. The van der Waals surface area contributed by atoms with Crippen molar-refractivity contribution in [2.45, 2.75) is 533 Å². The third kappa shape index (κ3) is 79.7. The van der Waals surface area contributed by atoms with E-state index in [1.165, 1.54) is 449 Å². The number of carbonyl (C=O) groups excluding carboxylic acids is 2. The average molecular weight is 1310 g/mol. The maximum atomic E-state index is 12.6. The molecule has 0 aromatic carbocycles. The molecule has 556 valence electrons. The third-order valence-corrected chi connectivity index (χ3v) is 21.2. The number of aliphatic hydroxyl groups excluding tert-OH is 2. The van der Waals surface area contributed by atoms with E-state index in [2.05, 4.69) is 19.2 Å². The van der Waals surface area contributed by atoms with Gasteiger partial charge >= 0.3 is 5.97 Å². The molecule has 0 aliphatic rings. The van der Waals surface area contributed by atoms with Crippen LogP contribution in [0, 0.1) is 0 Å². The van der Waals surface area contributed by atoms with Gasteiger partial charge in [0.25, 0.3) is 0 Å². The topological polar surface area (TPSA) is 95.9 Å². The Balaban J connectivity index is 3.29. The molecule has 6 heteroatoms. The molecule has 0 fully saturated rings. The first kappa shape index (κ1) is 91.9. The highest BCUT2D eigenvalue weighted by atomic mass is 16.5. The predicted molar refractivity (Wildman–Crippen MR) is 412 cm³/mol. The summed E-state index contributed by atoms with van der Waals surface area (Å²) < 4.78 is 5.51. The fraction of sp³-hybridized carbons (Fsp3) is 0.977. The quantitative estimate of drug-likeness (QED) is 0.0417. The molecular formula is C87H173NO5. The zero-order valence-electron chi connectivity index (χ0n) is 64.0. The predicted octanol–water partition coefficient (Wildman–Crippen LogP) is 29.2. The zero-order chi connectivity index (χ0) is 67.0. The normalized spacial score (nSPS) is 12.3. The van der Waals surface area contributed by atoms with Crippen molar-refractivity contribution in [2.24, 2.45) is 0 Å². The summed E-state index contributed by atoms with van der Waals surface area (Å²) >= 11 is 0. The van der Waals surface area contributed by atoms with Gasteiger partial charge in [-0.05, 0) is 25.7 Å². The first-order chi connectivity index (χ1) is 46.0.